The maximum atomic E-state index is 12.3. The lowest BCUT2D eigenvalue weighted by Crippen LogP contribution is -2.40. The lowest BCUT2D eigenvalue weighted by Gasteiger charge is -2.23. The Morgan fingerprint density at radius 2 is 1.56 bits per heavy atom. The molecule has 2 aromatic carbocycles. The second kappa shape index (κ2) is 8.09. The molecular weight excluding hydrogens is 407 g/mol. The molecule has 0 fully saturated rings. The van der Waals surface area contributed by atoms with Crippen molar-refractivity contribution in [3.8, 4) is 0 Å². The van der Waals surface area contributed by atoms with Crippen LogP contribution in [0.5, 0.6) is 0 Å². The zero-order chi connectivity index (χ0) is 20.4. The molecule has 146 valence electrons. The van der Waals surface area contributed by atoms with Crippen LogP contribution < -0.4 is 9.62 Å². The molecule has 5 nitrogen and oxygen atoms in total. The lowest BCUT2D eigenvalue weighted by molar-refractivity contribution is 0.0919. The van der Waals surface area contributed by atoms with E-state index >= 15 is 0 Å². The molecule has 27 heavy (non-hydrogen) atoms. The molecule has 1 N–H and O–H groups in total. The minimum atomic E-state index is -3.56. The van der Waals surface area contributed by atoms with Gasteiger partial charge in [0.2, 0.25) is 10.0 Å². The zero-order valence-electron chi connectivity index (χ0n) is 15.6. The minimum Gasteiger partial charge on any atom is -0.347 e. The van der Waals surface area contributed by atoms with Crippen molar-refractivity contribution in [3.05, 3.63) is 63.6 Å². The Morgan fingerprint density at radius 3 is 2.00 bits per heavy atom. The van der Waals surface area contributed by atoms with Crippen molar-refractivity contribution < 1.29 is 13.2 Å². The van der Waals surface area contributed by atoms with E-state index in [1.165, 1.54) is 10.4 Å². The number of nitrogens with zero attached hydrogens (tertiary/aromatic N) is 1. The molecule has 0 spiro atoms. The monoisotopic (exact) mass is 428 g/mol. The number of hydrogen-bond acceptors (Lipinski definition) is 3. The molecule has 0 heterocycles. The van der Waals surface area contributed by atoms with Gasteiger partial charge in [-0.05, 0) is 56.7 Å². The fourth-order valence-electron chi connectivity index (χ4n) is 2.42. The van der Waals surface area contributed by atoms with E-state index < -0.39 is 10.0 Å². The highest BCUT2D eigenvalue weighted by Crippen LogP contribution is 2.28. The van der Waals surface area contributed by atoms with Crippen LogP contribution >= 0.6 is 23.2 Å². The molecule has 0 unspecified atom stereocenters. The van der Waals surface area contributed by atoms with Crippen LogP contribution in [-0.2, 0) is 16.6 Å². The summed E-state index contributed by atoms with van der Waals surface area (Å²) in [6.07, 6.45) is 1.12. The number of benzene rings is 2. The minimum absolute atomic E-state index is 0.0939. The highest BCUT2D eigenvalue weighted by Gasteiger charge is 2.20. The average molecular weight is 429 g/mol. The maximum Gasteiger partial charge on any atom is 0.251 e. The predicted octanol–water partition coefficient (Wildman–Crippen LogP) is 4.49. The molecule has 2 aromatic rings. The van der Waals surface area contributed by atoms with Crippen molar-refractivity contribution in [1.29, 1.82) is 0 Å². The molecule has 0 bridgehead atoms. The van der Waals surface area contributed by atoms with Gasteiger partial charge >= 0.3 is 0 Å². The molecular formula is C19H22Cl2N2O3S. The molecule has 1 amide bonds. The summed E-state index contributed by atoms with van der Waals surface area (Å²) in [6.45, 7) is 5.80. The number of halogens is 2. The molecule has 0 aromatic heterocycles. The third kappa shape index (κ3) is 6.41. The first-order valence-electron chi connectivity index (χ1n) is 8.20. The molecule has 8 heteroatoms. The number of anilines is 1. The number of rotatable bonds is 5. The molecule has 0 atom stereocenters. The Hall–Kier alpha value is -1.76. The van der Waals surface area contributed by atoms with Gasteiger partial charge in [-0.3, -0.25) is 9.10 Å². The molecule has 0 aliphatic rings. The zero-order valence-corrected chi connectivity index (χ0v) is 17.9. The third-order valence-electron chi connectivity index (χ3n) is 3.57. The molecule has 2 rings (SSSR count). The first-order valence-corrected chi connectivity index (χ1v) is 10.8. The SMILES string of the molecule is CC(C)(C)NC(=O)c1ccc(CN(c2cc(Cl)cc(Cl)c2)S(C)(=O)=O)cc1. The van der Waals surface area contributed by atoms with E-state index in [0.717, 1.165) is 11.8 Å². The summed E-state index contributed by atoms with van der Waals surface area (Å²) in [5.41, 5.74) is 1.27. The fourth-order valence-corrected chi connectivity index (χ4v) is 3.81. The van der Waals surface area contributed by atoms with Crippen molar-refractivity contribution in [1.82, 2.24) is 5.32 Å². The summed E-state index contributed by atoms with van der Waals surface area (Å²) >= 11 is 12.0. The van der Waals surface area contributed by atoms with Crippen LogP contribution in [0.1, 0.15) is 36.7 Å². The van der Waals surface area contributed by atoms with Gasteiger partial charge in [0.25, 0.3) is 5.91 Å². The van der Waals surface area contributed by atoms with Crippen LogP contribution in [0.2, 0.25) is 10.0 Å². The molecule has 0 radical (unpaired) electrons. The smallest absolute Gasteiger partial charge is 0.251 e. The molecule has 0 aliphatic heterocycles. The Labute approximate surface area is 170 Å². The lowest BCUT2D eigenvalue weighted by atomic mass is 10.1. The van der Waals surface area contributed by atoms with Crippen molar-refractivity contribution in [2.24, 2.45) is 0 Å². The van der Waals surface area contributed by atoms with Gasteiger partial charge in [0, 0.05) is 21.1 Å². The summed E-state index contributed by atoms with van der Waals surface area (Å²) < 4.78 is 25.7. The highest BCUT2D eigenvalue weighted by atomic mass is 35.5. The highest BCUT2D eigenvalue weighted by molar-refractivity contribution is 7.92. The second-order valence-electron chi connectivity index (χ2n) is 7.30. The van der Waals surface area contributed by atoms with Crippen molar-refractivity contribution in [3.63, 3.8) is 0 Å². The quantitative estimate of drug-likeness (QED) is 0.762. The van der Waals surface area contributed by atoms with E-state index in [9.17, 15) is 13.2 Å². The Balaban J connectivity index is 2.27. The summed E-state index contributed by atoms with van der Waals surface area (Å²) in [5.74, 6) is -0.185. The van der Waals surface area contributed by atoms with Crippen LogP contribution in [0.4, 0.5) is 5.69 Å². The van der Waals surface area contributed by atoms with E-state index in [2.05, 4.69) is 5.32 Å². The Bertz CT molecular complexity index is 916. The Morgan fingerprint density at radius 1 is 1.04 bits per heavy atom. The van der Waals surface area contributed by atoms with Gasteiger partial charge in [-0.25, -0.2) is 8.42 Å². The van der Waals surface area contributed by atoms with E-state index in [1.807, 2.05) is 20.8 Å². The normalized spacial score (nSPS) is 11.9. The van der Waals surface area contributed by atoms with Crippen LogP contribution in [0, 0.1) is 0 Å². The molecule has 0 aliphatic carbocycles. The van der Waals surface area contributed by atoms with E-state index in [4.69, 9.17) is 23.2 Å². The van der Waals surface area contributed by atoms with E-state index in [0.29, 0.717) is 21.3 Å². The van der Waals surface area contributed by atoms with Crippen LogP contribution in [0.15, 0.2) is 42.5 Å². The number of hydrogen-bond donors (Lipinski definition) is 1. The van der Waals surface area contributed by atoms with Crippen LogP contribution in [-0.4, -0.2) is 26.1 Å². The van der Waals surface area contributed by atoms with Gasteiger partial charge in [0.1, 0.15) is 0 Å². The van der Waals surface area contributed by atoms with Gasteiger partial charge < -0.3 is 5.32 Å². The maximum absolute atomic E-state index is 12.3. The predicted molar refractivity (Wildman–Crippen MR) is 111 cm³/mol. The second-order valence-corrected chi connectivity index (χ2v) is 10.1. The third-order valence-corrected chi connectivity index (χ3v) is 5.14. The van der Waals surface area contributed by atoms with Gasteiger partial charge in [-0.15, -0.1) is 0 Å². The largest absolute Gasteiger partial charge is 0.347 e. The van der Waals surface area contributed by atoms with Crippen molar-refractivity contribution >= 4 is 44.8 Å². The van der Waals surface area contributed by atoms with Gasteiger partial charge in [0.15, 0.2) is 0 Å². The fraction of sp³-hybridized carbons (Fsp3) is 0.316. The van der Waals surface area contributed by atoms with E-state index in [-0.39, 0.29) is 18.0 Å². The number of sulfonamides is 1. The Kier molecular flexibility index (Phi) is 6.45. The van der Waals surface area contributed by atoms with Gasteiger partial charge in [0.05, 0.1) is 18.5 Å². The van der Waals surface area contributed by atoms with Crippen LogP contribution in [0.3, 0.4) is 0 Å². The summed E-state index contributed by atoms with van der Waals surface area (Å²) in [5, 5.41) is 3.58. The first-order chi connectivity index (χ1) is 12.3. The summed E-state index contributed by atoms with van der Waals surface area (Å²) in [6, 6.07) is 11.4. The van der Waals surface area contributed by atoms with Gasteiger partial charge in [-0.2, -0.15) is 0 Å². The van der Waals surface area contributed by atoms with Gasteiger partial charge in [-0.1, -0.05) is 35.3 Å². The number of nitrogens with one attached hydrogen (secondary N) is 1. The molecule has 0 saturated carbocycles. The standard InChI is InChI=1S/C19H22Cl2N2O3S/c1-19(2,3)22-18(24)14-7-5-13(6-8-14)12-23(27(4,25)26)17-10-15(20)9-16(21)11-17/h5-11H,12H2,1-4H3,(H,22,24). The molecule has 0 saturated heterocycles. The van der Waals surface area contributed by atoms with Crippen molar-refractivity contribution in [2.75, 3.05) is 10.6 Å². The summed E-state index contributed by atoms with van der Waals surface area (Å²) in [7, 11) is -3.56. The number of carbonyl (C=O) groups excluding carboxylic acids is 1. The van der Waals surface area contributed by atoms with Crippen LogP contribution in [0.25, 0.3) is 0 Å². The number of carbonyl (C=O) groups is 1. The topological polar surface area (TPSA) is 66.5 Å². The average Bonchev–Trinajstić information content (AvgIpc) is 2.49. The van der Waals surface area contributed by atoms with E-state index in [1.54, 1.807) is 36.4 Å². The summed E-state index contributed by atoms with van der Waals surface area (Å²) in [4.78, 5) is 12.2. The van der Waals surface area contributed by atoms with Crippen molar-refractivity contribution in [2.45, 2.75) is 32.9 Å². The number of amides is 1. The first kappa shape index (κ1) is 21.5.